The summed E-state index contributed by atoms with van der Waals surface area (Å²) in [7, 11) is 0. The molecule has 0 bridgehead atoms. The Morgan fingerprint density at radius 1 is 1.55 bits per heavy atom. The van der Waals surface area contributed by atoms with Crippen molar-refractivity contribution in [1.29, 1.82) is 0 Å². The van der Waals surface area contributed by atoms with Crippen LogP contribution in [0.1, 0.15) is 19.8 Å². The Morgan fingerprint density at radius 2 is 1.91 bits per heavy atom. The number of halogens is 1. The van der Waals surface area contributed by atoms with E-state index in [0.29, 0.717) is 0 Å². The number of hydrogen-bond acceptors (Lipinski definition) is 3. The number of aliphatic carboxylic acids is 1. The highest BCUT2D eigenvalue weighted by molar-refractivity contribution is 5.85. The molecule has 0 atom stereocenters. The Hall–Kier alpha value is -0.320. The lowest BCUT2D eigenvalue weighted by molar-refractivity contribution is -0.160. The second-order valence-electron chi connectivity index (χ2n) is 3.31. The summed E-state index contributed by atoms with van der Waals surface area (Å²) in [5, 5.41) is 17.6. The molecule has 66 valence electrons. The summed E-state index contributed by atoms with van der Waals surface area (Å²) in [6.45, 7) is 1.58. The van der Waals surface area contributed by atoms with Crippen molar-refractivity contribution in [3.63, 3.8) is 0 Å². The Morgan fingerprint density at radius 3 is 2.00 bits per heavy atom. The maximum Gasteiger partial charge on any atom is 0.323 e. The highest BCUT2D eigenvalue weighted by Gasteiger charge is 2.53. The number of aliphatic hydroxyl groups is 1. The van der Waals surface area contributed by atoms with E-state index in [2.05, 4.69) is 0 Å². The first-order valence-electron chi connectivity index (χ1n) is 3.10. The van der Waals surface area contributed by atoms with Crippen LogP contribution in [0, 0.1) is 0 Å². The Labute approximate surface area is 70.8 Å². The van der Waals surface area contributed by atoms with Gasteiger partial charge < -0.3 is 15.9 Å². The van der Waals surface area contributed by atoms with Gasteiger partial charge in [-0.25, -0.2) is 0 Å². The van der Waals surface area contributed by atoms with E-state index in [1.165, 1.54) is 0 Å². The van der Waals surface area contributed by atoms with Crippen LogP contribution in [0.2, 0.25) is 0 Å². The molecule has 0 aromatic carbocycles. The number of rotatable bonds is 1. The highest BCUT2D eigenvalue weighted by Crippen LogP contribution is 2.38. The second kappa shape index (κ2) is 2.62. The lowest BCUT2D eigenvalue weighted by Crippen LogP contribution is -2.65. The van der Waals surface area contributed by atoms with Crippen molar-refractivity contribution >= 4 is 18.4 Å². The fraction of sp³-hybridized carbons (Fsp3) is 0.833. The van der Waals surface area contributed by atoms with Gasteiger partial charge in [-0.1, -0.05) is 0 Å². The minimum absolute atomic E-state index is 0. The first-order valence-corrected chi connectivity index (χ1v) is 3.10. The van der Waals surface area contributed by atoms with Gasteiger partial charge in [0.05, 0.1) is 5.60 Å². The molecule has 1 aliphatic carbocycles. The van der Waals surface area contributed by atoms with Crippen LogP contribution >= 0.6 is 12.4 Å². The van der Waals surface area contributed by atoms with E-state index in [1.807, 2.05) is 0 Å². The number of carboxylic acids is 1. The molecule has 1 aliphatic rings. The molecule has 0 aliphatic heterocycles. The Balaban J connectivity index is 0.000001000. The zero-order chi connectivity index (χ0) is 7.99. The largest absolute Gasteiger partial charge is 0.480 e. The summed E-state index contributed by atoms with van der Waals surface area (Å²) in [4.78, 5) is 10.4. The molecule has 0 aromatic heterocycles. The smallest absolute Gasteiger partial charge is 0.323 e. The quantitative estimate of drug-likeness (QED) is 0.520. The van der Waals surface area contributed by atoms with Gasteiger partial charge in [0.2, 0.25) is 0 Å². The van der Waals surface area contributed by atoms with E-state index in [9.17, 15) is 4.79 Å². The summed E-state index contributed by atoms with van der Waals surface area (Å²) >= 11 is 0. The molecule has 1 saturated carbocycles. The van der Waals surface area contributed by atoms with Gasteiger partial charge in [0, 0.05) is 12.8 Å². The van der Waals surface area contributed by atoms with Crippen molar-refractivity contribution < 1.29 is 15.0 Å². The Kier molecular flexibility index (Phi) is 2.55. The van der Waals surface area contributed by atoms with Crippen molar-refractivity contribution in [3.8, 4) is 0 Å². The van der Waals surface area contributed by atoms with Crippen molar-refractivity contribution in [2.75, 3.05) is 0 Å². The number of carbonyl (C=O) groups is 1. The molecule has 1 fully saturated rings. The van der Waals surface area contributed by atoms with Crippen molar-refractivity contribution in [2.45, 2.75) is 30.9 Å². The van der Waals surface area contributed by atoms with Crippen LogP contribution in [0.5, 0.6) is 0 Å². The third-order valence-electron chi connectivity index (χ3n) is 1.82. The first kappa shape index (κ1) is 10.7. The molecule has 0 unspecified atom stereocenters. The molecule has 0 heterocycles. The molecule has 5 heteroatoms. The third-order valence-corrected chi connectivity index (χ3v) is 1.82. The molecule has 0 radical (unpaired) electrons. The monoisotopic (exact) mass is 181 g/mol. The van der Waals surface area contributed by atoms with Gasteiger partial charge in [-0.2, -0.15) is 0 Å². The van der Waals surface area contributed by atoms with Gasteiger partial charge in [-0.3, -0.25) is 4.79 Å². The summed E-state index contributed by atoms with van der Waals surface area (Å²) in [6.07, 6.45) is 0.296. The predicted molar refractivity (Wildman–Crippen MR) is 41.7 cm³/mol. The van der Waals surface area contributed by atoms with Crippen LogP contribution in [0.4, 0.5) is 0 Å². The topological polar surface area (TPSA) is 83.5 Å². The number of nitrogens with two attached hydrogens (primary N) is 1. The molecule has 11 heavy (non-hydrogen) atoms. The SMILES string of the molecule is CC1(O)CC(N)(C(=O)O)C1.Cl. The van der Waals surface area contributed by atoms with E-state index < -0.39 is 17.1 Å². The predicted octanol–water partition coefficient (Wildman–Crippen LogP) is -0.265. The summed E-state index contributed by atoms with van der Waals surface area (Å²) < 4.78 is 0. The zero-order valence-corrected chi connectivity index (χ0v) is 7.02. The maximum atomic E-state index is 10.4. The first-order chi connectivity index (χ1) is 4.36. The van der Waals surface area contributed by atoms with E-state index in [-0.39, 0.29) is 25.2 Å². The van der Waals surface area contributed by atoms with Crippen LogP contribution < -0.4 is 5.73 Å². The molecule has 0 spiro atoms. The standard InChI is InChI=1S/C6H11NO3.ClH/c1-5(10)2-6(7,3-5)4(8)9;/h10H,2-3,7H2,1H3,(H,8,9);1H. The fourth-order valence-corrected chi connectivity index (χ4v) is 1.46. The van der Waals surface area contributed by atoms with Gasteiger partial charge >= 0.3 is 5.97 Å². The van der Waals surface area contributed by atoms with Crippen LogP contribution in [0.25, 0.3) is 0 Å². The van der Waals surface area contributed by atoms with Gasteiger partial charge in [0.1, 0.15) is 5.54 Å². The Bertz CT molecular complexity index is 173. The molecule has 0 saturated heterocycles. The van der Waals surface area contributed by atoms with Gasteiger partial charge in [0.25, 0.3) is 0 Å². The molecule has 0 aromatic rings. The second-order valence-corrected chi connectivity index (χ2v) is 3.31. The van der Waals surface area contributed by atoms with Gasteiger partial charge in [0.15, 0.2) is 0 Å². The molecule has 4 nitrogen and oxygen atoms in total. The number of hydrogen-bond donors (Lipinski definition) is 3. The average molecular weight is 182 g/mol. The van der Waals surface area contributed by atoms with E-state index in [0.717, 1.165) is 0 Å². The lowest BCUT2D eigenvalue weighted by atomic mass is 9.66. The molecular weight excluding hydrogens is 170 g/mol. The molecular formula is C6H12ClNO3. The van der Waals surface area contributed by atoms with Crippen molar-refractivity contribution in [2.24, 2.45) is 5.73 Å². The highest BCUT2D eigenvalue weighted by atomic mass is 35.5. The zero-order valence-electron chi connectivity index (χ0n) is 6.20. The normalized spacial score (nSPS) is 42.1. The number of carboxylic acid groups (broad SMARTS) is 1. The maximum absolute atomic E-state index is 10.4. The van der Waals surface area contributed by atoms with Crippen molar-refractivity contribution in [3.05, 3.63) is 0 Å². The lowest BCUT2D eigenvalue weighted by Gasteiger charge is -2.46. The van der Waals surface area contributed by atoms with Crippen LogP contribution in [0.3, 0.4) is 0 Å². The van der Waals surface area contributed by atoms with E-state index in [1.54, 1.807) is 6.92 Å². The van der Waals surface area contributed by atoms with E-state index in [4.69, 9.17) is 15.9 Å². The van der Waals surface area contributed by atoms with E-state index >= 15 is 0 Å². The summed E-state index contributed by atoms with van der Waals surface area (Å²) in [5.74, 6) is -1.03. The fourth-order valence-electron chi connectivity index (χ4n) is 1.46. The van der Waals surface area contributed by atoms with Crippen LogP contribution in [-0.2, 0) is 4.79 Å². The van der Waals surface area contributed by atoms with Crippen LogP contribution in [0.15, 0.2) is 0 Å². The summed E-state index contributed by atoms with van der Waals surface area (Å²) in [6, 6.07) is 0. The molecule has 4 N–H and O–H groups in total. The molecule has 1 rings (SSSR count). The minimum Gasteiger partial charge on any atom is -0.480 e. The minimum atomic E-state index is -1.18. The average Bonchev–Trinajstić information content (AvgIpc) is 1.59. The summed E-state index contributed by atoms with van der Waals surface area (Å²) in [5.41, 5.74) is 3.32. The van der Waals surface area contributed by atoms with Crippen LogP contribution in [-0.4, -0.2) is 27.3 Å². The van der Waals surface area contributed by atoms with Gasteiger partial charge in [-0.15, -0.1) is 12.4 Å². The van der Waals surface area contributed by atoms with Crippen molar-refractivity contribution in [1.82, 2.24) is 0 Å². The molecule has 0 amide bonds. The third kappa shape index (κ3) is 1.83. The van der Waals surface area contributed by atoms with Gasteiger partial charge in [-0.05, 0) is 6.92 Å².